The minimum absolute atomic E-state index is 0.361. The number of hydrogen-bond acceptors (Lipinski definition) is 3. The van der Waals surface area contributed by atoms with Crippen molar-refractivity contribution in [2.45, 2.75) is 27.7 Å². The third-order valence-electron chi connectivity index (χ3n) is 2.98. The number of nitrogens with zero attached hydrogens (tertiary/aromatic N) is 1. The van der Waals surface area contributed by atoms with E-state index in [0.29, 0.717) is 6.54 Å². The molecule has 3 heteroatoms. The van der Waals surface area contributed by atoms with Crippen molar-refractivity contribution in [1.82, 2.24) is 0 Å². The van der Waals surface area contributed by atoms with Gasteiger partial charge < -0.3 is 10.1 Å². The maximum Gasteiger partial charge on any atom is 0.122 e. The topological polar surface area (TPSA) is 45.0 Å². The first-order chi connectivity index (χ1) is 7.91. The third-order valence-corrected chi connectivity index (χ3v) is 2.98. The Morgan fingerprint density at radius 1 is 1.29 bits per heavy atom. The molecule has 0 unspecified atom stereocenters. The Bertz CT molecular complexity index is 444. The van der Waals surface area contributed by atoms with Crippen molar-refractivity contribution in [2.24, 2.45) is 5.41 Å². The zero-order valence-corrected chi connectivity index (χ0v) is 11.2. The van der Waals surface area contributed by atoms with Gasteiger partial charge in [-0.25, -0.2) is 0 Å². The van der Waals surface area contributed by atoms with Crippen LogP contribution in [0.15, 0.2) is 12.1 Å². The van der Waals surface area contributed by atoms with Gasteiger partial charge in [0.25, 0.3) is 0 Å². The summed E-state index contributed by atoms with van der Waals surface area (Å²) in [4.78, 5) is 0. The minimum Gasteiger partial charge on any atom is -0.496 e. The molecular weight excluding hydrogens is 212 g/mol. The Morgan fingerprint density at radius 2 is 1.94 bits per heavy atom. The quantitative estimate of drug-likeness (QED) is 0.866. The van der Waals surface area contributed by atoms with Gasteiger partial charge in [0.2, 0.25) is 0 Å². The molecule has 0 aromatic heterocycles. The second kappa shape index (κ2) is 5.09. The second-order valence-electron chi connectivity index (χ2n) is 4.91. The van der Waals surface area contributed by atoms with E-state index in [0.717, 1.165) is 22.6 Å². The van der Waals surface area contributed by atoms with Gasteiger partial charge in [-0.2, -0.15) is 5.26 Å². The van der Waals surface area contributed by atoms with Crippen LogP contribution >= 0.6 is 0 Å². The number of anilines is 1. The molecule has 92 valence electrons. The van der Waals surface area contributed by atoms with E-state index in [1.807, 2.05) is 32.9 Å². The molecule has 3 nitrogen and oxygen atoms in total. The molecule has 0 bridgehead atoms. The first-order valence-electron chi connectivity index (χ1n) is 5.70. The van der Waals surface area contributed by atoms with Crippen molar-refractivity contribution in [2.75, 3.05) is 19.0 Å². The highest BCUT2D eigenvalue weighted by Gasteiger charge is 2.17. The average Bonchev–Trinajstić information content (AvgIpc) is 2.31. The maximum atomic E-state index is 8.97. The molecule has 1 N–H and O–H groups in total. The summed E-state index contributed by atoms with van der Waals surface area (Å²) < 4.78 is 5.27. The normalized spacial score (nSPS) is 10.8. The molecule has 0 radical (unpaired) electrons. The highest BCUT2D eigenvalue weighted by atomic mass is 16.5. The van der Waals surface area contributed by atoms with Gasteiger partial charge in [0.05, 0.1) is 18.6 Å². The van der Waals surface area contributed by atoms with Crippen molar-refractivity contribution in [1.29, 1.82) is 5.26 Å². The fourth-order valence-corrected chi connectivity index (χ4v) is 1.56. The molecule has 0 aliphatic heterocycles. The highest BCUT2D eigenvalue weighted by molar-refractivity contribution is 5.58. The van der Waals surface area contributed by atoms with Crippen LogP contribution in [0.5, 0.6) is 5.75 Å². The number of methoxy groups -OCH3 is 1. The Kier molecular flexibility index (Phi) is 4.01. The van der Waals surface area contributed by atoms with Crippen LogP contribution in [0.4, 0.5) is 5.69 Å². The summed E-state index contributed by atoms with van der Waals surface area (Å²) in [5, 5.41) is 12.3. The molecule has 0 aliphatic rings. The van der Waals surface area contributed by atoms with E-state index in [2.05, 4.69) is 18.3 Å². The van der Waals surface area contributed by atoms with Crippen LogP contribution in [0.2, 0.25) is 0 Å². The second-order valence-corrected chi connectivity index (χ2v) is 4.91. The lowest BCUT2D eigenvalue weighted by atomic mass is 9.95. The van der Waals surface area contributed by atoms with Crippen molar-refractivity contribution in [3.05, 3.63) is 23.3 Å². The predicted molar refractivity (Wildman–Crippen MR) is 70.4 cm³/mol. The summed E-state index contributed by atoms with van der Waals surface area (Å²) in [6.07, 6.45) is 0. The molecule has 0 aliphatic carbocycles. The summed E-state index contributed by atoms with van der Waals surface area (Å²) in [6, 6.07) is 6.22. The van der Waals surface area contributed by atoms with Gasteiger partial charge in [0.1, 0.15) is 5.75 Å². The van der Waals surface area contributed by atoms with Gasteiger partial charge in [-0.1, -0.05) is 0 Å². The lowest BCUT2D eigenvalue weighted by Crippen LogP contribution is -2.21. The number of ether oxygens (including phenoxy) is 1. The Labute approximate surface area is 103 Å². The molecule has 0 heterocycles. The lowest BCUT2D eigenvalue weighted by molar-refractivity contribution is 0.411. The Balaban J connectivity index is 2.88. The summed E-state index contributed by atoms with van der Waals surface area (Å²) in [5.74, 6) is 0.896. The number of nitrogens with one attached hydrogen (secondary N) is 1. The summed E-state index contributed by atoms with van der Waals surface area (Å²) in [6.45, 7) is 8.57. The zero-order chi connectivity index (χ0) is 13.1. The molecule has 1 rings (SSSR count). The smallest absolute Gasteiger partial charge is 0.122 e. The van der Waals surface area contributed by atoms with E-state index >= 15 is 0 Å². The van der Waals surface area contributed by atoms with E-state index in [1.54, 1.807) is 7.11 Å². The van der Waals surface area contributed by atoms with Crippen LogP contribution in [0, 0.1) is 30.6 Å². The molecule has 17 heavy (non-hydrogen) atoms. The van der Waals surface area contributed by atoms with Crippen LogP contribution in [-0.2, 0) is 0 Å². The fourth-order valence-electron chi connectivity index (χ4n) is 1.56. The molecule has 0 atom stereocenters. The van der Waals surface area contributed by atoms with Crippen LogP contribution in [0.3, 0.4) is 0 Å². The molecule has 1 aromatic rings. The SMILES string of the molecule is COc1ccc(NCC(C)(C)C#N)c(C)c1C. The average molecular weight is 232 g/mol. The zero-order valence-electron chi connectivity index (χ0n) is 11.2. The van der Waals surface area contributed by atoms with E-state index in [1.165, 1.54) is 0 Å². The van der Waals surface area contributed by atoms with E-state index in [-0.39, 0.29) is 5.41 Å². The van der Waals surface area contributed by atoms with Gasteiger partial charge in [-0.3, -0.25) is 0 Å². The van der Waals surface area contributed by atoms with Crippen molar-refractivity contribution < 1.29 is 4.74 Å². The van der Waals surface area contributed by atoms with Crippen LogP contribution in [0.1, 0.15) is 25.0 Å². The molecule has 0 amide bonds. The van der Waals surface area contributed by atoms with Gasteiger partial charge in [0, 0.05) is 12.2 Å². The van der Waals surface area contributed by atoms with Crippen molar-refractivity contribution in [3.63, 3.8) is 0 Å². The van der Waals surface area contributed by atoms with Crippen molar-refractivity contribution in [3.8, 4) is 11.8 Å². The van der Waals surface area contributed by atoms with Crippen LogP contribution in [0.25, 0.3) is 0 Å². The van der Waals surface area contributed by atoms with Gasteiger partial charge in [-0.05, 0) is 51.0 Å². The fraction of sp³-hybridized carbons (Fsp3) is 0.500. The number of hydrogen-bond donors (Lipinski definition) is 1. The first-order valence-corrected chi connectivity index (χ1v) is 5.70. The van der Waals surface area contributed by atoms with Gasteiger partial charge >= 0.3 is 0 Å². The molecule has 0 fully saturated rings. The van der Waals surface area contributed by atoms with E-state index < -0.39 is 0 Å². The standard InChI is InChI=1S/C14H20N2O/c1-10-11(2)13(17-5)7-6-12(10)16-9-14(3,4)8-15/h6-7,16H,9H2,1-5H3. The molecule has 1 aromatic carbocycles. The summed E-state index contributed by atoms with van der Waals surface area (Å²) in [7, 11) is 1.67. The molecule has 0 spiro atoms. The Morgan fingerprint density at radius 3 is 2.47 bits per heavy atom. The van der Waals surface area contributed by atoms with E-state index in [4.69, 9.17) is 10.00 Å². The third kappa shape index (κ3) is 3.13. The first kappa shape index (κ1) is 13.4. The van der Waals surface area contributed by atoms with E-state index in [9.17, 15) is 0 Å². The van der Waals surface area contributed by atoms with Crippen LogP contribution < -0.4 is 10.1 Å². The predicted octanol–water partition coefficient (Wildman–Crippen LogP) is 3.27. The minimum atomic E-state index is -0.361. The summed E-state index contributed by atoms with van der Waals surface area (Å²) in [5.41, 5.74) is 3.00. The molecule has 0 saturated heterocycles. The van der Waals surface area contributed by atoms with Gasteiger partial charge in [-0.15, -0.1) is 0 Å². The number of nitriles is 1. The molecule has 0 saturated carbocycles. The number of benzene rings is 1. The number of rotatable bonds is 4. The lowest BCUT2D eigenvalue weighted by Gasteiger charge is -2.19. The van der Waals surface area contributed by atoms with Gasteiger partial charge in [0.15, 0.2) is 0 Å². The van der Waals surface area contributed by atoms with Crippen LogP contribution in [-0.4, -0.2) is 13.7 Å². The Hall–Kier alpha value is -1.69. The summed E-state index contributed by atoms with van der Waals surface area (Å²) >= 11 is 0. The van der Waals surface area contributed by atoms with Crippen molar-refractivity contribution >= 4 is 5.69 Å². The monoisotopic (exact) mass is 232 g/mol. The maximum absolute atomic E-state index is 8.97. The highest BCUT2D eigenvalue weighted by Crippen LogP contribution is 2.28. The molecular formula is C14H20N2O. The largest absolute Gasteiger partial charge is 0.496 e.